The third kappa shape index (κ3) is 4.67. The van der Waals surface area contributed by atoms with Gasteiger partial charge in [0, 0.05) is 49.5 Å². The number of hydrogen-bond donors (Lipinski definition) is 1. The zero-order chi connectivity index (χ0) is 19.6. The number of carbonyl (C=O) groups excluding carboxylic acids is 1. The van der Waals surface area contributed by atoms with Crippen LogP contribution in [0.15, 0.2) is 24.3 Å². The molecule has 4 rings (SSSR count). The highest BCUT2D eigenvalue weighted by atomic mass is 32.2. The summed E-state index contributed by atoms with van der Waals surface area (Å²) in [5, 5.41) is 3.14. The highest BCUT2D eigenvalue weighted by molar-refractivity contribution is 7.91. The Morgan fingerprint density at radius 2 is 1.68 bits per heavy atom. The molecule has 3 aliphatic heterocycles. The third-order valence-corrected chi connectivity index (χ3v) is 7.85. The van der Waals surface area contributed by atoms with Gasteiger partial charge in [0.1, 0.15) is 0 Å². The van der Waals surface area contributed by atoms with Crippen molar-refractivity contribution in [1.82, 2.24) is 10.2 Å². The van der Waals surface area contributed by atoms with E-state index in [4.69, 9.17) is 4.74 Å². The third-order valence-electron chi connectivity index (χ3n) is 6.10. The van der Waals surface area contributed by atoms with E-state index in [0.717, 1.165) is 64.3 Å². The number of amides is 1. The molecule has 3 aliphatic rings. The average molecular weight is 408 g/mol. The lowest BCUT2D eigenvalue weighted by Gasteiger charge is -2.35. The van der Waals surface area contributed by atoms with E-state index in [-0.39, 0.29) is 18.0 Å². The Hall–Kier alpha value is -1.64. The molecule has 1 aromatic rings. The summed E-state index contributed by atoms with van der Waals surface area (Å²) in [4.78, 5) is 17.1. The normalized spacial score (nSPS) is 26.3. The number of ether oxygens (including phenoxy) is 1. The molecule has 7 nitrogen and oxygen atoms in total. The number of nitrogens with zero attached hydrogens (tertiary/aromatic N) is 2. The predicted molar refractivity (Wildman–Crippen MR) is 109 cm³/mol. The van der Waals surface area contributed by atoms with Crippen molar-refractivity contribution in [2.45, 2.75) is 31.3 Å². The van der Waals surface area contributed by atoms with Crippen molar-refractivity contribution in [2.75, 3.05) is 55.8 Å². The Kier molecular flexibility index (Phi) is 5.89. The highest BCUT2D eigenvalue weighted by Crippen LogP contribution is 2.22. The largest absolute Gasteiger partial charge is 0.378 e. The number of hydrogen-bond acceptors (Lipinski definition) is 6. The maximum Gasteiger partial charge on any atom is 0.251 e. The van der Waals surface area contributed by atoms with Gasteiger partial charge in [-0.2, -0.15) is 0 Å². The Balaban J connectivity index is 1.26. The van der Waals surface area contributed by atoms with Gasteiger partial charge in [0.15, 0.2) is 9.84 Å². The molecule has 1 atom stereocenters. The number of benzene rings is 1. The van der Waals surface area contributed by atoms with Crippen LogP contribution in [-0.2, 0) is 14.6 Å². The smallest absolute Gasteiger partial charge is 0.251 e. The molecule has 0 aliphatic carbocycles. The maximum absolute atomic E-state index is 12.6. The van der Waals surface area contributed by atoms with Crippen LogP contribution in [0.2, 0.25) is 0 Å². The Morgan fingerprint density at radius 1 is 1.00 bits per heavy atom. The SMILES string of the molecule is O=C(NC1CCN([C@@H]2CCS(=O)(=O)C2)CC1)c1ccc(N2CCOCC2)cc1. The number of rotatable bonds is 4. The van der Waals surface area contributed by atoms with E-state index >= 15 is 0 Å². The van der Waals surface area contributed by atoms with Crippen molar-refractivity contribution in [2.24, 2.45) is 0 Å². The van der Waals surface area contributed by atoms with Crippen LogP contribution in [0.25, 0.3) is 0 Å². The van der Waals surface area contributed by atoms with Crippen molar-refractivity contribution in [3.05, 3.63) is 29.8 Å². The summed E-state index contributed by atoms with van der Waals surface area (Å²) < 4.78 is 28.7. The minimum Gasteiger partial charge on any atom is -0.378 e. The van der Waals surface area contributed by atoms with Gasteiger partial charge in [0.2, 0.25) is 0 Å². The molecule has 8 heteroatoms. The lowest BCUT2D eigenvalue weighted by molar-refractivity contribution is 0.0898. The van der Waals surface area contributed by atoms with E-state index < -0.39 is 9.84 Å². The number of piperidine rings is 1. The Labute approximate surface area is 166 Å². The first-order valence-electron chi connectivity index (χ1n) is 10.2. The molecule has 1 N–H and O–H groups in total. The van der Waals surface area contributed by atoms with Crippen LogP contribution in [-0.4, -0.2) is 82.2 Å². The summed E-state index contributed by atoms with van der Waals surface area (Å²) in [6, 6.07) is 8.10. The van der Waals surface area contributed by atoms with Gasteiger partial charge in [-0.3, -0.25) is 9.69 Å². The van der Waals surface area contributed by atoms with Crippen molar-refractivity contribution < 1.29 is 17.9 Å². The summed E-state index contributed by atoms with van der Waals surface area (Å²) in [6.45, 7) is 4.95. The van der Waals surface area contributed by atoms with Crippen LogP contribution in [0.1, 0.15) is 29.6 Å². The molecular weight excluding hydrogens is 378 g/mol. The summed E-state index contributed by atoms with van der Waals surface area (Å²) in [5.74, 6) is 0.573. The summed E-state index contributed by atoms with van der Waals surface area (Å²) in [6.07, 6.45) is 2.48. The van der Waals surface area contributed by atoms with Crippen molar-refractivity contribution >= 4 is 21.4 Å². The molecule has 1 aromatic carbocycles. The molecule has 0 unspecified atom stereocenters. The number of nitrogens with one attached hydrogen (secondary N) is 1. The van der Waals surface area contributed by atoms with Gasteiger partial charge in [0.25, 0.3) is 5.91 Å². The minimum atomic E-state index is -2.85. The van der Waals surface area contributed by atoms with Crippen molar-refractivity contribution in [3.8, 4) is 0 Å². The fourth-order valence-corrected chi connectivity index (χ4v) is 6.15. The van der Waals surface area contributed by atoms with Gasteiger partial charge in [-0.15, -0.1) is 0 Å². The minimum absolute atomic E-state index is 0.0320. The van der Waals surface area contributed by atoms with Gasteiger partial charge < -0.3 is 15.0 Å². The number of anilines is 1. The first kappa shape index (κ1) is 19.7. The number of morpholine rings is 1. The predicted octanol–water partition coefficient (Wildman–Crippen LogP) is 0.905. The average Bonchev–Trinajstić information content (AvgIpc) is 3.09. The number of likely N-dealkylation sites (tertiary alicyclic amines) is 1. The number of carbonyl (C=O) groups is 1. The van der Waals surface area contributed by atoms with Gasteiger partial charge >= 0.3 is 0 Å². The van der Waals surface area contributed by atoms with Crippen molar-refractivity contribution in [1.29, 1.82) is 0 Å². The maximum atomic E-state index is 12.6. The molecule has 3 heterocycles. The zero-order valence-corrected chi connectivity index (χ0v) is 17.0. The molecule has 154 valence electrons. The first-order valence-corrected chi connectivity index (χ1v) is 12.0. The molecule has 3 saturated heterocycles. The molecular formula is C20H29N3O4S. The second kappa shape index (κ2) is 8.39. The number of sulfone groups is 1. The Morgan fingerprint density at radius 3 is 2.29 bits per heavy atom. The van der Waals surface area contributed by atoms with E-state index in [2.05, 4.69) is 15.1 Å². The molecule has 0 aromatic heterocycles. The Bertz CT molecular complexity index is 782. The van der Waals surface area contributed by atoms with Gasteiger partial charge in [-0.1, -0.05) is 0 Å². The van der Waals surface area contributed by atoms with Crippen LogP contribution in [0, 0.1) is 0 Å². The highest BCUT2D eigenvalue weighted by Gasteiger charge is 2.34. The first-order chi connectivity index (χ1) is 13.5. The lowest BCUT2D eigenvalue weighted by atomic mass is 10.0. The van der Waals surface area contributed by atoms with E-state index in [9.17, 15) is 13.2 Å². The zero-order valence-electron chi connectivity index (χ0n) is 16.2. The second-order valence-corrected chi connectivity index (χ2v) is 10.2. The topological polar surface area (TPSA) is 79.0 Å². The van der Waals surface area contributed by atoms with Crippen LogP contribution in [0.3, 0.4) is 0 Å². The summed E-state index contributed by atoms with van der Waals surface area (Å²) in [7, 11) is -2.85. The molecule has 3 fully saturated rings. The van der Waals surface area contributed by atoms with Crippen LogP contribution >= 0.6 is 0 Å². The molecule has 0 saturated carbocycles. The van der Waals surface area contributed by atoms with Crippen LogP contribution < -0.4 is 10.2 Å². The van der Waals surface area contributed by atoms with Gasteiger partial charge in [-0.05, 0) is 43.5 Å². The van der Waals surface area contributed by atoms with Gasteiger partial charge in [0.05, 0.1) is 24.7 Å². The van der Waals surface area contributed by atoms with E-state index in [0.29, 0.717) is 17.1 Å². The molecule has 28 heavy (non-hydrogen) atoms. The van der Waals surface area contributed by atoms with Gasteiger partial charge in [-0.25, -0.2) is 8.42 Å². The summed E-state index contributed by atoms with van der Waals surface area (Å²) in [5.41, 5.74) is 1.81. The molecule has 1 amide bonds. The fourth-order valence-electron chi connectivity index (χ4n) is 4.39. The van der Waals surface area contributed by atoms with Crippen LogP contribution in [0.4, 0.5) is 5.69 Å². The molecule has 0 spiro atoms. The van der Waals surface area contributed by atoms with Crippen molar-refractivity contribution in [3.63, 3.8) is 0 Å². The van der Waals surface area contributed by atoms with E-state index in [1.54, 1.807) is 0 Å². The monoisotopic (exact) mass is 407 g/mol. The lowest BCUT2D eigenvalue weighted by Crippen LogP contribution is -2.48. The van der Waals surface area contributed by atoms with E-state index in [1.165, 1.54) is 0 Å². The molecule has 0 bridgehead atoms. The standard InChI is InChI=1S/C20H29N3O4S/c24-20(16-1-3-18(4-2-16)23-10-12-27-13-11-23)21-17-5-8-22(9-6-17)19-7-14-28(25,26)15-19/h1-4,17,19H,5-15H2,(H,21,24)/t19-/m1/s1. The second-order valence-electron chi connectivity index (χ2n) is 7.99. The van der Waals surface area contributed by atoms with Crippen LogP contribution in [0.5, 0.6) is 0 Å². The molecule has 0 radical (unpaired) electrons. The van der Waals surface area contributed by atoms with E-state index in [1.807, 2.05) is 24.3 Å². The fraction of sp³-hybridized carbons (Fsp3) is 0.650. The summed E-state index contributed by atoms with van der Waals surface area (Å²) >= 11 is 0. The quantitative estimate of drug-likeness (QED) is 0.799.